The smallest absolute Gasteiger partial charge is 1.00 e. The van der Waals surface area contributed by atoms with Gasteiger partial charge in [-0.3, -0.25) is 0 Å². The largest absolute Gasteiger partial charge is 1.00 e. The Morgan fingerprint density at radius 2 is 1.67 bits per heavy atom. The minimum atomic E-state index is -0.133. The first-order chi connectivity index (χ1) is 10.5. The van der Waals surface area contributed by atoms with Crippen LogP contribution in [0.4, 0.5) is 0 Å². The second-order valence-electron chi connectivity index (χ2n) is 6.35. The molecule has 3 rings (SSSR count). The van der Waals surface area contributed by atoms with Crippen molar-refractivity contribution in [3.05, 3.63) is 89.8 Å². The molecular weight excluding hydrogens is 377 g/mol. The zero-order valence-corrected chi connectivity index (χ0v) is 16.5. The van der Waals surface area contributed by atoms with E-state index in [1.807, 2.05) is 12.3 Å². The standard InChI is InChI=1S/C20H20N.2ClH.Cr/c1-20(2,19-10-6-7-13-21-19)18-12-11-17(15-18)14-16-8-4-3-5-9-16;;;/h3-13,15H,14H2,1-2H3;2*1H;/q;;;+2/p-2. The van der Waals surface area contributed by atoms with Crippen LogP contribution in [0.15, 0.2) is 78.5 Å². The zero-order valence-electron chi connectivity index (χ0n) is 13.7. The molecule has 1 aromatic heterocycles. The molecule has 0 spiro atoms. The van der Waals surface area contributed by atoms with Crippen LogP contribution in [0.1, 0.15) is 25.1 Å². The molecule has 1 nitrogen and oxygen atoms in total. The minimum Gasteiger partial charge on any atom is -1.00 e. The molecule has 0 N–H and O–H groups in total. The number of halogens is 2. The Kier molecular flexibility index (Phi) is 7.32. The van der Waals surface area contributed by atoms with Crippen LogP contribution in [0.2, 0.25) is 4.28 Å². The summed E-state index contributed by atoms with van der Waals surface area (Å²) in [5.74, 6) is 0. The van der Waals surface area contributed by atoms with E-state index in [9.17, 15) is 0 Å². The maximum absolute atomic E-state index is 4.57. The Labute approximate surface area is 165 Å². The molecule has 2 aromatic rings. The van der Waals surface area contributed by atoms with Crippen LogP contribution in [0.25, 0.3) is 0 Å². The predicted molar refractivity (Wildman–Crippen MR) is 87.3 cm³/mol. The Balaban J connectivity index is 0.00000144. The molecule has 1 heterocycles. The van der Waals surface area contributed by atoms with Crippen LogP contribution in [-0.4, -0.2) is 4.98 Å². The van der Waals surface area contributed by atoms with Gasteiger partial charge >= 0.3 is 141 Å². The zero-order chi connectivity index (χ0) is 15.6. The molecule has 1 aliphatic carbocycles. The molecule has 0 saturated carbocycles. The number of rotatable bonds is 4. The van der Waals surface area contributed by atoms with E-state index in [4.69, 9.17) is 0 Å². The van der Waals surface area contributed by atoms with Gasteiger partial charge in [0.2, 0.25) is 0 Å². The first kappa shape index (κ1) is 21.0. The fourth-order valence-corrected chi connectivity index (χ4v) is 3.37. The van der Waals surface area contributed by atoms with E-state index in [0.29, 0.717) is 0 Å². The Bertz CT molecular complexity index is 711. The normalized spacial score (nSPS) is 19.1. The van der Waals surface area contributed by atoms with Crippen LogP contribution in [0, 0.1) is 0 Å². The van der Waals surface area contributed by atoms with Gasteiger partial charge in [-0.1, -0.05) is 0 Å². The SMILES string of the molecule is CC(C)(c1ccccn1)[C]1([Cr+2])C=CC(Cc2ccccc2)=C1.[Cl-].[Cl-]. The molecule has 24 heavy (non-hydrogen) atoms. The van der Waals surface area contributed by atoms with Crippen molar-refractivity contribution in [3.8, 4) is 0 Å². The van der Waals surface area contributed by atoms with E-state index in [0.717, 1.165) is 12.1 Å². The van der Waals surface area contributed by atoms with Gasteiger partial charge in [0.15, 0.2) is 0 Å². The molecule has 1 atom stereocenters. The average molecular weight is 397 g/mol. The number of nitrogens with zero attached hydrogens (tertiary/aromatic N) is 1. The second kappa shape index (κ2) is 8.37. The predicted octanol–water partition coefficient (Wildman–Crippen LogP) is -1.19. The van der Waals surface area contributed by atoms with Gasteiger partial charge in [0, 0.05) is 0 Å². The van der Waals surface area contributed by atoms with E-state index < -0.39 is 0 Å². The molecule has 0 bridgehead atoms. The third kappa shape index (κ3) is 4.13. The van der Waals surface area contributed by atoms with Crippen molar-refractivity contribution in [2.24, 2.45) is 0 Å². The second-order valence-corrected chi connectivity index (χ2v) is 7.40. The van der Waals surface area contributed by atoms with Gasteiger partial charge in [-0.2, -0.15) is 0 Å². The van der Waals surface area contributed by atoms with E-state index in [-0.39, 0.29) is 34.5 Å². The topological polar surface area (TPSA) is 12.9 Å². The quantitative estimate of drug-likeness (QED) is 0.633. The number of hydrogen-bond donors (Lipinski definition) is 0. The van der Waals surface area contributed by atoms with Crippen molar-refractivity contribution in [3.63, 3.8) is 0 Å². The molecule has 4 heteroatoms. The van der Waals surface area contributed by atoms with Gasteiger partial charge in [-0.05, 0) is 0 Å². The van der Waals surface area contributed by atoms with Gasteiger partial charge in [0.05, 0.1) is 0 Å². The Morgan fingerprint density at radius 3 is 2.29 bits per heavy atom. The van der Waals surface area contributed by atoms with Gasteiger partial charge in [-0.15, -0.1) is 0 Å². The van der Waals surface area contributed by atoms with Crippen molar-refractivity contribution < 1.29 is 41.1 Å². The Morgan fingerprint density at radius 1 is 1.00 bits per heavy atom. The first-order valence-electron chi connectivity index (χ1n) is 7.58. The summed E-state index contributed by atoms with van der Waals surface area (Å²) in [7, 11) is 0. The van der Waals surface area contributed by atoms with Crippen molar-refractivity contribution in [1.82, 2.24) is 4.98 Å². The Hall–Kier alpha value is -1.04. The monoisotopic (exact) mass is 396 g/mol. The molecule has 1 aliphatic rings. The number of allylic oxidation sites excluding steroid dienone is 4. The molecule has 1 aromatic carbocycles. The van der Waals surface area contributed by atoms with Crippen molar-refractivity contribution in [1.29, 1.82) is 0 Å². The summed E-state index contributed by atoms with van der Waals surface area (Å²) in [6.07, 6.45) is 9.72. The van der Waals surface area contributed by atoms with Crippen LogP contribution >= 0.6 is 0 Å². The van der Waals surface area contributed by atoms with Gasteiger partial charge in [0.25, 0.3) is 0 Å². The molecular formula is C20H20Cl2CrN. The van der Waals surface area contributed by atoms with E-state index in [2.05, 4.69) is 95.8 Å². The first-order valence-corrected chi connectivity index (χ1v) is 8.22. The third-order valence-corrected chi connectivity index (χ3v) is 5.67. The maximum Gasteiger partial charge on any atom is -1.00 e. The van der Waals surface area contributed by atoms with Crippen LogP contribution in [0.3, 0.4) is 0 Å². The van der Waals surface area contributed by atoms with Crippen molar-refractivity contribution >= 4 is 0 Å². The number of aromatic nitrogens is 1. The maximum atomic E-state index is 4.57. The summed E-state index contributed by atoms with van der Waals surface area (Å²) in [5.41, 5.74) is 3.71. The van der Waals surface area contributed by atoms with Crippen molar-refractivity contribution in [2.75, 3.05) is 0 Å². The summed E-state index contributed by atoms with van der Waals surface area (Å²) in [6.45, 7) is 4.50. The van der Waals surface area contributed by atoms with Crippen LogP contribution < -0.4 is 24.8 Å². The fourth-order valence-electron chi connectivity index (χ4n) is 2.87. The molecule has 0 amide bonds. The van der Waals surface area contributed by atoms with E-state index in [1.54, 1.807) is 0 Å². The minimum absolute atomic E-state index is 0. The summed E-state index contributed by atoms with van der Waals surface area (Å²) in [6, 6.07) is 16.7. The van der Waals surface area contributed by atoms with E-state index >= 15 is 0 Å². The van der Waals surface area contributed by atoms with Gasteiger partial charge < -0.3 is 24.8 Å². The molecule has 0 aliphatic heterocycles. The summed E-state index contributed by atoms with van der Waals surface area (Å²) >= 11 is 3.40. The summed E-state index contributed by atoms with van der Waals surface area (Å²) < 4.78 is -0.133. The number of benzene rings is 1. The summed E-state index contributed by atoms with van der Waals surface area (Å²) in [5, 5.41) is 0. The number of pyridine rings is 1. The fraction of sp³-hybridized carbons (Fsp3) is 0.250. The van der Waals surface area contributed by atoms with Crippen LogP contribution in [-0.2, 0) is 28.1 Å². The number of hydrogen-bond acceptors (Lipinski definition) is 1. The molecule has 0 radical (unpaired) electrons. The average Bonchev–Trinajstić information content (AvgIpc) is 2.92. The van der Waals surface area contributed by atoms with Gasteiger partial charge in [-0.25, -0.2) is 0 Å². The molecule has 1 unspecified atom stereocenters. The van der Waals surface area contributed by atoms with E-state index in [1.165, 1.54) is 11.1 Å². The van der Waals surface area contributed by atoms with Gasteiger partial charge in [0.1, 0.15) is 0 Å². The van der Waals surface area contributed by atoms with Crippen molar-refractivity contribution in [2.45, 2.75) is 30.0 Å². The summed E-state index contributed by atoms with van der Waals surface area (Å²) in [4.78, 5) is 4.57. The molecule has 0 saturated heterocycles. The molecule has 0 fully saturated rings. The van der Waals surface area contributed by atoms with Crippen LogP contribution in [0.5, 0.6) is 0 Å². The third-order valence-electron chi connectivity index (χ3n) is 4.48. The molecule has 125 valence electrons.